The van der Waals surface area contributed by atoms with E-state index in [-0.39, 0.29) is 24.7 Å². The lowest BCUT2D eigenvalue weighted by molar-refractivity contribution is 0.0718. The minimum absolute atomic E-state index is 0.00237. The predicted molar refractivity (Wildman–Crippen MR) is 83.4 cm³/mol. The van der Waals surface area contributed by atoms with Crippen LogP contribution in [-0.2, 0) is 4.74 Å². The maximum atomic E-state index is 12.2. The monoisotopic (exact) mass is 312 g/mol. The smallest absolute Gasteiger partial charge is 0.315 e. The summed E-state index contributed by atoms with van der Waals surface area (Å²) in [6, 6.07) is 3.59. The molecule has 0 radical (unpaired) electrons. The van der Waals surface area contributed by atoms with Crippen LogP contribution < -0.4 is 10.6 Å². The van der Waals surface area contributed by atoms with Crippen molar-refractivity contribution in [2.24, 2.45) is 5.41 Å². The van der Waals surface area contributed by atoms with Gasteiger partial charge in [0.1, 0.15) is 0 Å². The third kappa shape index (κ3) is 4.43. The molecule has 2 amide bonds. The van der Waals surface area contributed by atoms with Crippen molar-refractivity contribution in [1.29, 1.82) is 0 Å². The lowest BCUT2D eigenvalue weighted by Gasteiger charge is -2.33. The number of carbonyl (C=O) groups is 1. The van der Waals surface area contributed by atoms with Crippen molar-refractivity contribution in [2.75, 3.05) is 19.8 Å². The summed E-state index contributed by atoms with van der Waals surface area (Å²) >= 11 is 1.58. The number of hydrogen-bond donors (Lipinski definition) is 3. The Balaban J connectivity index is 1.99. The van der Waals surface area contributed by atoms with Crippen LogP contribution in [0.1, 0.15) is 37.6 Å². The maximum Gasteiger partial charge on any atom is 0.315 e. The van der Waals surface area contributed by atoms with Crippen LogP contribution in [0.15, 0.2) is 17.5 Å². The zero-order valence-corrected chi connectivity index (χ0v) is 13.4. The average molecular weight is 312 g/mol. The van der Waals surface area contributed by atoms with Gasteiger partial charge in [-0.1, -0.05) is 19.9 Å². The summed E-state index contributed by atoms with van der Waals surface area (Å²) in [5.74, 6) is 0. The first-order chi connectivity index (χ1) is 10.0. The van der Waals surface area contributed by atoms with Gasteiger partial charge in [-0.15, -0.1) is 11.3 Å². The van der Waals surface area contributed by atoms with E-state index in [2.05, 4.69) is 10.6 Å². The summed E-state index contributed by atoms with van der Waals surface area (Å²) in [6.07, 6.45) is 1.92. The van der Waals surface area contributed by atoms with E-state index in [0.29, 0.717) is 6.61 Å². The Morgan fingerprint density at radius 3 is 3.00 bits per heavy atom. The number of carbonyl (C=O) groups excluding carboxylic acids is 1. The van der Waals surface area contributed by atoms with E-state index in [9.17, 15) is 9.90 Å². The summed E-state index contributed by atoms with van der Waals surface area (Å²) in [5, 5.41) is 17.5. The van der Waals surface area contributed by atoms with Crippen LogP contribution in [0.5, 0.6) is 0 Å². The average Bonchev–Trinajstić information content (AvgIpc) is 2.99. The van der Waals surface area contributed by atoms with Gasteiger partial charge in [0.15, 0.2) is 0 Å². The highest BCUT2D eigenvalue weighted by Gasteiger charge is 2.32. The van der Waals surface area contributed by atoms with E-state index >= 15 is 0 Å². The molecule has 2 atom stereocenters. The van der Waals surface area contributed by atoms with Gasteiger partial charge in [-0.3, -0.25) is 0 Å². The maximum absolute atomic E-state index is 12.2. The van der Waals surface area contributed by atoms with Crippen LogP contribution >= 0.6 is 11.3 Å². The van der Waals surface area contributed by atoms with E-state index in [1.54, 1.807) is 11.3 Å². The number of aliphatic hydroxyl groups is 1. The van der Waals surface area contributed by atoms with E-state index in [1.807, 2.05) is 31.4 Å². The number of nitrogens with one attached hydrogen (secondary N) is 2. The van der Waals surface area contributed by atoms with Gasteiger partial charge in [-0.05, 0) is 24.3 Å². The van der Waals surface area contributed by atoms with Gasteiger partial charge in [-0.25, -0.2) is 4.79 Å². The van der Waals surface area contributed by atoms with Gasteiger partial charge in [0.05, 0.1) is 25.3 Å². The number of amides is 2. The van der Waals surface area contributed by atoms with Crippen molar-refractivity contribution in [3.63, 3.8) is 0 Å². The van der Waals surface area contributed by atoms with Crippen LogP contribution in [0.2, 0.25) is 0 Å². The molecule has 1 aliphatic heterocycles. The Hall–Kier alpha value is -1.11. The molecule has 1 aromatic heterocycles. The minimum Gasteiger partial charge on any atom is -0.396 e. The summed E-state index contributed by atoms with van der Waals surface area (Å²) < 4.78 is 5.37. The third-order valence-corrected chi connectivity index (χ3v) is 4.72. The lowest BCUT2D eigenvalue weighted by Crippen LogP contribution is -2.49. The Kier molecular flexibility index (Phi) is 5.61. The first kappa shape index (κ1) is 16.3. The fourth-order valence-electron chi connectivity index (χ4n) is 2.41. The summed E-state index contributed by atoms with van der Waals surface area (Å²) in [6.45, 7) is 5.24. The van der Waals surface area contributed by atoms with Gasteiger partial charge in [0.2, 0.25) is 0 Å². The molecule has 5 nitrogen and oxygen atoms in total. The molecular formula is C15H24N2O3S. The molecule has 1 fully saturated rings. The van der Waals surface area contributed by atoms with Gasteiger partial charge < -0.3 is 20.5 Å². The van der Waals surface area contributed by atoms with Crippen molar-refractivity contribution in [3.05, 3.63) is 22.4 Å². The number of hydrogen-bond acceptors (Lipinski definition) is 4. The molecular weight excluding hydrogens is 288 g/mol. The second kappa shape index (κ2) is 7.24. The zero-order chi connectivity index (χ0) is 15.3. The molecule has 2 rings (SSSR count). The Morgan fingerprint density at radius 1 is 1.62 bits per heavy atom. The third-order valence-electron chi connectivity index (χ3n) is 3.79. The molecule has 0 bridgehead atoms. The summed E-state index contributed by atoms with van der Waals surface area (Å²) in [7, 11) is 0. The molecule has 1 saturated heterocycles. The molecule has 0 spiro atoms. The number of urea groups is 1. The quantitative estimate of drug-likeness (QED) is 0.781. The van der Waals surface area contributed by atoms with Gasteiger partial charge >= 0.3 is 6.03 Å². The minimum atomic E-state index is -0.425. The van der Waals surface area contributed by atoms with Gasteiger partial charge in [0.25, 0.3) is 0 Å². The van der Waals surface area contributed by atoms with Crippen LogP contribution in [0.3, 0.4) is 0 Å². The molecule has 1 aliphatic rings. The molecule has 3 N–H and O–H groups in total. The van der Waals surface area contributed by atoms with Crippen LogP contribution in [0.25, 0.3) is 0 Å². The number of rotatable bonds is 5. The molecule has 6 heteroatoms. The molecule has 2 heterocycles. The molecule has 118 valence electrons. The van der Waals surface area contributed by atoms with E-state index in [4.69, 9.17) is 4.74 Å². The fraction of sp³-hybridized carbons (Fsp3) is 0.667. The molecule has 0 aliphatic carbocycles. The highest BCUT2D eigenvalue weighted by atomic mass is 32.1. The van der Waals surface area contributed by atoms with Gasteiger partial charge in [0, 0.05) is 16.9 Å². The standard InChI is InChI=1S/C15H24N2O3S/c1-15(2,10-18)13(12-6-4-8-21-12)17-14(19)16-11-5-3-7-20-9-11/h4,6,8,11,13,18H,3,5,7,9-10H2,1-2H3,(H2,16,17,19)/t11-,13-/m0/s1. The predicted octanol–water partition coefficient (Wildman–Crippen LogP) is 2.29. The fourth-order valence-corrected chi connectivity index (χ4v) is 3.40. The van der Waals surface area contributed by atoms with E-state index in [0.717, 1.165) is 24.3 Å². The number of aliphatic hydroxyl groups excluding tert-OH is 1. The topological polar surface area (TPSA) is 70.6 Å². The van der Waals surface area contributed by atoms with Crippen LogP contribution in [0.4, 0.5) is 4.79 Å². The SMILES string of the molecule is CC(C)(CO)[C@@H](NC(=O)N[C@H]1CCCOC1)c1cccs1. The van der Waals surface area contributed by atoms with Crippen LogP contribution in [0, 0.1) is 5.41 Å². The van der Waals surface area contributed by atoms with Crippen molar-refractivity contribution in [2.45, 2.75) is 38.8 Å². The van der Waals surface area contributed by atoms with Crippen molar-refractivity contribution in [1.82, 2.24) is 10.6 Å². The normalized spacial score (nSPS) is 20.8. The largest absolute Gasteiger partial charge is 0.396 e. The molecule has 1 aromatic rings. The number of ether oxygens (including phenoxy) is 1. The Labute approximate surface area is 129 Å². The van der Waals surface area contributed by atoms with Crippen molar-refractivity contribution in [3.8, 4) is 0 Å². The Bertz CT molecular complexity index is 442. The second-order valence-corrected chi connectivity index (χ2v) is 7.11. The number of thiophene rings is 1. The Morgan fingerprint density at radius 2 is 2.43 bits per heavy atom. The molecule has 0 saturated carbocycles. The second-order valence-electron chi connectivity index (χ2n) is 6.13. The highest BCUT2D eigenvalue weighted by molar-refractivity contribution is 7.10. The highest BCUT2D eigenvalue weighted by Crippen LogP contribution is 2.35. The van der Waals surface area contributed by atoms with Crippen molar-refractivity contribution >= 4 is 17.4 Å². The summed E-state index contributed by atoms with van der Waals surface area (Å²) in [5.41, 5.74) is -0.425. The van der Waals surface area contributed by atoms with E-state index in [1.165, 1.54) is 0 Å². The lowest BCUT2D eigenvalue weighted by atomic mass is 9.84. The zero-order valence-electron chi connectivity index (χ0n) is 12.6. The molecule has 0 aromatic carbocycles. The first-order valence-corrected chi connectivity index (χ1v) is 8.20. The van der Waals surface area contributed by atoms with Crippen molar-refractivity contribution < 1.29 is 14.6 Å². The molecule has 0 unspecified atom stereocenters. The van der Waals surface area contributed by atoms with Gasteiger partial charge in [-0.2, -0.15) is 0 Å². The van der Waals surface area contributed by atoms with E-state index < -0.39 is 5.41 Å². The van der Waals surface area contributed by atoms with Crippen LogP contribution in [-0.4, -0.2) is 37.0 Å². The first-order valence-electron chi connectivity index (χ1n) is 7.32. The summed E-state index contributed by atoms with van der Waals surface area (Å²) in [4.78, 5) is 13.3. The molecule has 21 heavy (non-hydrogen) atoms.